The van der Waals surface area contributed by atoms with Gasteiger partial charge in [-0.2, -0.15) is 0 Å². The van der Waals surface area contributed by atoms with Crippen molar-refractivity contribution in [3.05, 3.63) is 58.6 Å². The van der Waals surface area contributed by atoms with E-state index in [4.69, 9.17) is 22.1 Å². The second-order valence-electron chi connectivity index (χ2n) is 4.25. The number of rotatable bonds is 5. The Hall–Kier alpha value is -2.04. The van der Waals surface area contributed by atoms with Crippen LogP contribution in [0, 0.1) is 0 Å². The molecule has 0 fully saturated rings. The summed E-state index contributed by atoms with van der Waals surface area (Å²) in [6.45, 7) is 0.698. The van der Waals surface area contributed by atoms with Gasteiger partial charge < -0.3 is 15.8 Å². The zero-order chi connectivity index (χ0) is 14.5. The van der Waals surface area contributed by atoms with Crippen LogP contribution in [0.2, 0.25) is 5.02 Å². The number of carbonyl (C=O) groups is 1. The van der Waals surface area contributed by atoms with Crippen molar-refractivity contribution >= 4 is 17.5 Å². The normalized spacial score (nSPS) is 10.3. The van der Waals surface area contributed by atoms with Gasteiger partial charge in [-0.05, 0) is 25.2 Å². The topological polar surface area (TPSA) is 64.3 Å². The number of primary amides is 1. The summed E-state index contributed by atoms with van der Waals surface area (Å²) in [7, 11) is 1.87. The van der Waals surface area contributed by atoms with Crippen molar-refractivity contribution in [3.8, 4) is 11.5 Å². The largest absolute Gasteiger partial charge is 0.457 e. The zero-order valence-corrected chi connectivity index (χ0v) is 11.8. The van der Waals surface area contributed by atoms with Gasteiger partial charge in [-0.25, -0.2) is 0 Å². The molecule has 0 aromatic heterocycles. The summed E-state index contributed by atoms with van der Waals surface area (Å²) in [6, 6.07) is 12.5. The van der Waals surface area contributed by atoms with Crippen LogP contribution in [-0.2, 0) is 6.54 Å². The highest BCUT2D eigenvalue weighted by Gasteiger charge is 2.09. The molecule has 2 rings (SSSR count). The Labute approximate surface area is 122 Å². The maximum atomic E-state index is 11.1. The van der Waals surface area contributed by atoms with Crippen LogP contribution < -0.4 is 15.8 Å². The highest BCUT2D eigenvalue weighted by molar-refractivity contribution is 6.33. The van der Waals surface area contributed by atoms with Crippen LogP contribution in [0.3, 0.4) is 0 Å². The molecule has 0 aliphatic heterocycles. The molecule has 0 bridgehead atoms. The summed E-state index contributed by atoms with van der Waals surface area (Å²) in [6.07, 6.45) is 0. The standard InChI is InChI=1S/C15H15ClN2O2/c1-18-9-10-4-2-3-5-14(10)20-11-6-7-12(15(17)19)13(16)8-11/h2-8,18H,9H2,1H3,(H2,17,19). The van der Waals surface area contributed by atoms with E-state index in [2.05, 4.69) is 5.32 Å². The van der Waals surface area contributed by atoms with Gasteiger partial charge in [0.25, 0.3) is 0 Å². The van der Waals surface area contributed by atoms with Crippen LogP contribution in [0.15, 0.2) is 42.5 Å². The molecule has 0 saturated heterocycles. The van der Waals surface area contributed by atoms with Gasteiger partial charge in [0.15, 0.2) is 0 Å². The van der Waals surface area contributed by atoms with E-state index >= 15 is 0 Å². The predicted octanol–water partition coefficient (Wildman–Crippen LogP) is 2.95. The van der Waals surface area contributed by atoms with Crippen LogP contribution in [0.1, 0.15) is 15.9 Å². The lowest BCUT2D eigenvalue weighted by molar-refractivity contribution is 0.100. The Morgan fingerprint density at radius 2 is 2.05 bits per heavy atom. The van der Waals surface area contributed by atoms with E-state index in [0.717, 1.165) is 11.3 Å². The second-order valence-corrected chi connectivity index (χ2v) is 4.65. The molecule has 4 nitrogen and oxygen atoms in total. The number of para-hydroxylation sites is 1. The van der Waals surface area contributed by atoms with Crippen molar-refractivity contribution in [1.29, 1.82) is 0 Å². The molecular weight excluding hydrogens is 276 g/mol. The number of hydrogen-bond donors (Lipinski definition) is 2. The molecular formula is C15H15ClN2O2. The number of amides is 1. The van der Waals surface area contributed by atoms with E-state index < -0.39 is 5.91 Å². The fourth-order valence-corrected chi connectivity index (χ4v) is 2.09. The molecule has 20 heavy (non-hydrogen) atoms. The minimum Gasteiger partial charge on any atom is -0.457 e. The van der Waals surface area contributed by atoms with Gasteiger partial charge in [-0.15, -0.1) is 0 Å². The van der Waals surface area contributed by atoms with E-state index in [1.165, 1.54) is 0 Å². The highest BCUT2D eigenvalue weighted by Crippen LogP contribution is 2.28. The number of halogens is 1. The number of hydrogen-bond acceptors (Lipinski definition) is 3. The molecule has 0 aliphatic carbocycles. The van der Waals surface area contributed by atoms with Crippen LogP contribution in [0.4, 0.5) is 0 Å². The Bertz CT molecular complexity index is 629. The maximum absolute atomic E-state index is 11.1. The summed E-state index contributed by atoms with van der Waals surface area (Å²) in [5, 5.41) is 3.36. The molecule has 0 aliphatic rings. The molecule has 5 heteroatoms. The third kappa shape index (κ3) is 3.29. The summed E-state index contributed by atoms with van der Waals surface area (Å²) >= 11 is 6.00. The Morgan fingerprint density at radius 3 is 2.70 bits per heavy atom. The lowest BCUT2D eigenvalue weighted by Crippen LogP contribution is -2.11. The molecule has 2 aromatic carbocycles. The molecule has 0 atom stereocenters. The van der Waals surface area contributed by atoms with Crippen molar-refractivity contribution in [2.75, 3.05) is 7.05 Å². The van der Waals surface area contributed by atoms with Gasteiger partial charge in [0.1, 0.15) is 11.5 Å². The third-order valence-electron chi connectivity index (χ3n) is 2.77. The Kier molecular flexibility index (Phi) is 4.61. The highest BCUT2D eigenvalue weighted by atomic mass is 35.5. The molecule has 0 saturated carbocycles. The fraction of sp³-hybridized carbons (Fsp3) is 0.133. The van der Waals surface area contributed by atoms with Crippen LogP contribution in [-0.4, -0.2) is 13.0 Å². The van der Waals surface area contributed by atoms with E-state index in [0.29, 0.717) is 12.3 Å². The van der Waals surface area contributed by atoms with Gasteiger partial charge in [0, 0.05) is 18.2 Å². The average molecular weight is 291 g/mol. The lowest BCUT2D eigenvalue weighted by atomic mass is 10.2. The van der Waals surface area contributed by atoms with Crippen LogP contribution in [0.25, 0.3) is 0 Å². The first-order valence-electron chi connectivity index (χ1n) is 6.11. The summed E-state index contributed by atoms with van der Waals surface area (Å²) in [4.78, 5) is 11.1. The van der Waals surface area contributed by atoms with Crippen LogP contribution >= 0.6 is 11.6 Å². The summed E-state index contributed by atoms with van der Waals surface area (Å²) < 4.78 is 5.80. The van der Waals surface area contributed by atoms with Crippen molar-refractivity contribution in [3.63, 3.8) is 0 Å². The molecule has 104 valence electrons. The van der Waals surface area contributed by atoms with Crippen molar-refractivity contribution in [1.82, 2.24) is 5.32 Å². The third-order valence-corrected chi connectivity index (χ3v) is 3.09. The van der Waals surface area contributed by atoms with Gasteiger partial charge >= 0.3 is 0 Å². The van der Waals surface area contributed by atoms with E-state index in [1.54, 1.807) is 18.2 Å². The number of ether oxygens (including phenoxy) is 1. The zero-order valence-electron chi connectivity index (χ0n) is 11.0. The molecule has 0 unspecified atom stereocenters. The second kappa shape index (κ2) is 6.41. The van der Waals surface area contributed by atoms with Gasteiger partial charge in [-0.3, -0.25) is 4.79 Å². The molecule has 0 spiro atoms. The average Bonchev–Trinajstić information content (AvgIpc) is 2.41. The fourth-order valence-electron chi connectivity index (χ4n) is 1.83. The minimum atomic E-state index is -0.558. The molecule has 1 amide bonds. The SMILES string of the molecule is CNCc1ccccc1Oc1ccc(C(N)=O)c(Cl)c1. The quantitative estimate of drug-likeness (QED) is 0.890. The molecule has 2 aromatic rings. The smallest absolute Gasteiger partial charge is 0.250 e. The van der Waals surface area contributed by atoms with Gasteiger partial charge in [0.2, 0.25) is 5.91 Å². The number of nitrogens with one attached hydrogen (secondary N) is 1. The number of nitrogens with two attached hydrogens (primary N) is 1. The lowest BCUT2D eigenvalue weighted by Gasteiger charge is -2.11. The van der Waals surface area contributed by atoms with E-state index in [1.807, 2.05) is 31.3 Å². The predicted molar refractivity (Wildman–Crippen MR) is 79.2 cm³/mol. The first-order chi connectivity index (χ1) is 9.61. The maximum Gasteiger partial charge on any atom is 0.250 e. The Morgan fingerprint density at radius 1 is 1.30 bits per heavy atom. The monoisotopic (exact) mass is 290 g/mol. The molecule has 3 N–H and O–H groups in total. The van der Waals surface area contributed by atoms with Crippen LogP contribution in [0.5, 0.6) is 11.5 Å². The Balaban J connectivity index is 2.26. The number of benzene rings is 2. The molecule has 0 radical (unpaired) electrons. The minimum absolute atomic E-state index is 0.279. The first-order valence-corrected chi connectivity index (χ1v) is 6.49. The molecule has 0 heterocycles. The van der Waals surface area contributed by atoms with Gasteiger partial charge in [0.05, 0.1) is 10.6 Å². The first kappa shape index (κ1) is 14.4. The van der Waals surface area contributed by atoms with Crippen molar-refractivity contribution in [2.45, 2.75) is 6.54 Å². The van der Waals surface area contributed by atoms with Gasteiger partial charge in [-0.1, -0.05) is 29.8 Å². The van der Waals surface area contributed by atoms with E-state index in [9.17, 15) is 4.79 Å². The van der Waals surface area contributed by atoms with Crippen molar-refractivity contribution < 1.29 is 9.53 Å². The number of carbonyl (C=O) groups excluding carboxylic acids is 1. The summed E-state index contributed by atoms with van der Waals surface area (Å²) in [5.74, 6) is 0.741. The van der Waals surface area contributed by atoms with E-state index in [-0.39, 0.29) is 10.6 Å². The summed E-state index contributed by atoms with van der Waals surface area (Å²) in [5.41, 5.74) is 6.52. The van der Waals surface area contributed by atoms with Crippen molar-refractivity contribution in [2.24, 2.45) is 5.73 Å².